The van der Waals surface area contributed by atoms with Gasteiger partial charge >= 0.3 is 0 Å². The highest BCUT2D eigenvalue weighted by Gasteiger charge is 2.51. The smallest absolute Gasteiger partial charge is 0.167 e. The van der Waals surface area contributed by atoms with E-state index in [-0.39, 0.29) is 23.9 Å². The molecule has 2 fully saturated rings. The zero-order valence-electron chi connectivity index (χ0n) is 7.66. The molecule has 1 saturated carbocycles. The number of rotatable bonds is 0. The quantitative estimate of drug-likeness (QED) is 0.546. The average Bonchev–Trinajstić information content (AvgIpc) is 2.33. The molecule has 0 aromatic rings. The van der Waals surface area contributed by atoms with E-state index in [1.807, 2.05) is 20.8 Å². The molecule has 0 bridgehead atoms. The van der Waals surface area contributed by atoms with Crippen LogP contribution in [0.3, 0.4) is 0 Å². The van der Waals surface area contributed by atoms with Crippen LogP contribution in [-0.4, -0.2) is 23.8 Å². The highest BCUT2D eigenvalue weighted by molar-refractivity contribution is 5.88. The molecule has 1 aliphatic heterocycles. The molecule has 1 aliphatic carbocycles. The maximum absolute atomic E-state index is 11.5. The van der Waals surface area contributed by atoms with Crippen molar-refractivity contribution in [1.29, 1.82) is 0 Å². The summed E-state index contributed by atoms with van der Waals surface area (Å²) in [6.45, 7) is 5.63. The molecule has 3 heteroatoms. The molecule has 0 aromatic heterocycles. The second-order valence-electron chi connectivity index (χ2n) is 4.13. The number of carbonyl (C=O) groups is 1. The minimum atomic E-state index is -0.564. The van der Waals surface area contributed by atoms with Gasteiger partial charge in [-0.25, -0.2) is 0 Å². The number of ether oxygens (including phenoxy) is 2. The summed E-state index contributed by atoms with van der Waals surface area (Å²) >= 11 is 0. The van der Waals surface area contributed by atoms with Crippen LogP contribution >= 0.6 is 0 Å². The number of hydrogen-bond donors (Lipinski definition) is 0. The maximum Gasteiger partial charge on any atom is 0.167 e. The van der Waals surface area contributed by atoms with Gasteiger partial charge in [0.1, 0.15) is 6.10 Å². The lowest BCUT2D eigenvalue weighted by atomic mass is 10.1. The summed E-state index contributed by atoms with van der Waals surface area (Å²) in [6.07, 6.45) is 0.518. The SMILES string of the molecule is CC1C[C@H]2OC(C)(C)O[C@H]2C1=O. The summed E-state index contributed by atoms with van der Waals surface area (Å²) in [5.41, 5.74) is 0. The lowest BCUT2D eigenvalue weighted by Gasteiger charge is -2.18. The van der Waals surface area contributed by atoms with Crippen LogP contribution in [0.5, 0.6) is 0 Å². The van der Waals surface area contributed by atoms with Crippen molar-refractivity contribution in [2.45, 2.75) is 45.2 Å². The average molecular weight is 170 g/mol. The van der Waals surface area contributed by atoms with Crippen molar-refractivity contribution in [3.63, 3.8) is 0 Å². The van der Waals surface area contributed by atoms with Gasteiger partial charge in [-0.1, -0.05) is 6.92 Å². The first-order chi connectivity index (χ1) is 5.49. The molecule has 68 valence electrons. The number of carbonyl (C=O) groups excluding carboxylic acids is 1. The predicted molar refractivity (Wildman–Crippen MR) is 42.6 cm³/mol. The lowest BCUT2D eigenvalue weighted by Crippen LogP contribution is -2.27. The van der Waals surface area contributed by atoms with Gasteiger partial charge in [0.2, 0.25) is 0 Å². The van der Waals surface area contributed by atoms with Gasteiger partial charge in [-0.2, -0.15) is 0 Å². The molecule has 0 N–H and O–H groups in total. The highest BCUT2D eigenvalue weighted by Crippen LogP contribution is 2.38. The largest absolute Gasteiger partial charge is 0.344 e. The van der Waals surface area contributed by atoms with Crippen molar-refractivity contribution < 1.29 is 14.3 Å². The highest BCUT2D eigenvalue weighted by atomic mass is 16.8. The van der Waals surface area contributed by atoms with Crippen LogP contribution in [0.15, 0.2) is 0 Å². The summed E-state index contributed by atoms with van der Waals surface area (Å²) in [4.78, 5) is 11.5. The fourth-order valence-electron chi connectivity index (χ4n) is 1.99. The van der Waals surface area contributed by atoms with Gasteiger partial charge in [0.05, 0.1) is 6.10 Å². The Kier molecular flexibility index (Phi) is 1.57. The Labute approximate surface area is 72.0 Å². The Morgan fingerprint density at radius 1 is 1.42 bits per heavy atom. The molecule has 1 unspecified atom stereocenters. The summed E-state index contributed by atoms with van der Waals surface area (Å²) in [5.74, 6) is -0.257. The Morgan fingerprint density at radius 3 is 2.67 bits per heavy atom. The van der Waals surface area contributed by atoms with E-state index in [4.69, 9.17) is 9.47 Å². The van der Waals surface area contributed by atoms with Crippen LogP contribution in [0.1, 0.15) is 27.2 Å². The van der Waals surface area contributed by atoms with Crippen LogP contribution in [0.25, 0.3) is 0 Å². The molecular weight excluding hydrogens is 156 g/mol. The number of fused-ring (bicyclic) bond motifs is 1. The summed E-state index contributed by atoms with van der Waals surface area (Å²) in [7, 11) is 0. The minimum Gasteiger partial charge on any atom is -0.344 e. The molecule has 1 saturated heterocycles. The zero-order chi connectivity index (χ0) is 8.93. The molecule has 0 amide bonds. The molecule has 3 atom stereocenters. The van der Waals surface area contributed by atoms with Crippen molar-refractivity contribution in [3.8, 4) is 0 Å². The fourth-order valence-corrected chi connectivity index (χ4v) is 1.99. The summed E-state index contributed by atoms with van der Waals surface area (Å²) < 4.78 is 11.1. The van der Waals surface area contributed by atoms with Crippen LogP contribution < -0.4 is 0 Å². The fraction of sp³-hybridized carbons (Fsp3) is 0.889. The molecule has 0 radical (unpaired) electrons. The number of ketones is 1. The van der Waals surface area contributed by atoms with Gasteiger partial charge in [-0.15, -0.1) is 0 Å². The van der Waals surface area contributed by atoms with Crippen LogP contribution in [-0.2, 0) is 14.3 Å². The Morgan fingerprint density at radius 2 is 2.08 bits per heavy atom. The van der Waals surface area contributed by atoms with E-state index in [2.05, 4.69) is 0 Å². The van der Waals surface area contributed by atoms with Gasteiger partial charge in [0, 0.05) is 5.92 Å². The first-order valence-electron chi connectivity index (χ1n) is 4.39. The lowest BCUT2D eigenvalue weighted by molar-refractivity contribution is -0.162. The Bertz CT molecular complexity index is 222. The Balaban J connectivity index is 2.16. The van der Waals surface area contributed by atoms with E-state index < -0.39 is 5.79 Å². The molecular formula is C9H14O3. The molecule has 0 aromatic carbocycles. The second-order valence-corrected chi connectivity index (χ2v) is 4.13. The van der Waals surface area contributed by atoms with Gasteiger partial charge in [-0.05, 0) is 20.3 Å². The van der Waals surface area contributed by atoms with Crippen molar-refractivity contribution in [2.75, 3.05) is 0 Å². The monoisotopic (exact) mass is 170 g/mol. The van der Waals surface area contributed by atoms with Crippen molar-refractivity contribution in [1.82, 2.24) is 0 Å². The van der Waals surface area contributed by atoms with E-state index in [0.717, 1.165) is 6.42 Å². The third-order valence-electron chi connectivity index (χ3n) is 2.54. The topological polar surface area (TPSA) is 35.5 Å². The molecule has 3 nitrogen and oxygen atoms in total. The van der Waals surface area contributed by atoms with Crippen molar-refractivity contribution in [2.24, 2.45) is 5.92 Å². The molecule has 2 aliphatic rings. The van der Waals surface area contributed by atoms with Gasteiger partial charge in [0.25, 0.3) is 0 Å². The predicted octanol–water partition coefficient (Wildman–Crippen LogP) is 1.12. The van der Waals surface area contributed by atoms with E-state index in [0.29, 0.717) is 0 Å². The standard InChI is InChI=1S/C9H14O3/c1-5-4-6-8(7(5)10)12-9(2,3)11-6/h5-6,8H,4H2,1-3H3/t5?,6-,8-/m1/s1. The Hall–Kier alpha value is -0.410. The van der Waals surface area contributed by atoms with E-state index >= 15 is 0 Å². The minimum absolute atomic E-state index is 0.00231. The first-order valence-corrected chi connectivity index (χ1v) is 4.39. The maximum atomic E-state index is 11.5. The van der Waals surface area contributed by atoms with Gasteiger partial charge in [-0.3, -0.25) is 4.79 Å². The molecule has 12 heavy (non-hydrogen) atoms. The third-order valence-corrected chi connectivity index (χ3v) is 2.54. The van der Waals surface area contributed by atoms with Crippen LogP contribution in [0, 0.1) is 5.92 Å². The van der Waals surface area contributed by atoms with Crippen molar-refractivity contribution >= 4 is 5.78 Å². The van der Waals surface area contributed by atoms with Gasteiger partial charge < -0.3 is 9.47 Å². The van der Waals surface area contributed by atoms with Crippen LogP contribution in [0.4, 0.5) is 0 Å². The van der Waals surface area contributed by atoms with E-state index in [1.165, 1.54) is 0 Å². The number of hydrogen-bond acceptors (Lipinski definition) is 3. The van der Waals surface area contributed by atoms with Crippen molar-refractivity contribution in [3.05, 3.63) is 0 Å². The first kappa shape index (κ1) is 8.20. The summed E-state index contributed by atoms with van der Waals surface area (Å²) in [6, 6.07) is 0. The molecule has 2 rings (SSSR count). The summed E-state index contributed by atoms with van der Waals surface area (Å²) in [5, 5.41) is 0. The van der Waals surface area contributed by atoms with Crippen LogP contribution in [0.2, 0.25) is 0 Å². The van der Waals surface area contributed by atoms with E-state index in [9.17, 15) is 4.79 Å². The number of Topliss-reactive ketones (excluding diaryl/α,β-unsaturated/α-hetero) is 1. The zero-order valence-corrected chi connectivity index (χ0v) is 7.66. The van der Waals surface area contributed by atoms with Gasteiger partial charge in [0.15, 0.2) is 11.6 Å². The third kappa shape index (κ3) is 1.08. The molecule has 0 spiro atoms. The normalized spacial score (nSPS) is 44.9. The van der Waals surface area contributed by atoms with E-state index in [1.54, 1.807) is 0 Å². The molecule has 1 heterocycles. The second kappa shape index (κ2) is 2.30.